The molecule has 6 heavy (non-hydrogen) atoms. The third kappa shape index (κ3) is 22.4. The summed E-state index contributed by atoms with van der Waals surface area (Å²) in [6.07, 6.45) is 0. The Hall–Kier alpha value is 6.64. The summed E-state index contributed by atoms with van der Waals surface area (Å²) < 4.78 is 0. The summed E-state index contributed by atoms with van der Waals surface area (Å²) >= 11 is 0. The van der Waals surface area contributed by atoms with E-state index in [1.54, 1.807) is 0 Å². The first-order chi connectivity index (χ1) is 0. The summed E-state index contributed by atoms with van der Waals surface area (Å²) in [5.41, 5.74) is 0. The minimum Gasteiger partial charge on any atom is -1.00 e. The van der Waals surface area contributed by atoms with Crippen LogP contribution in [0.2, 0.25) is 0 Å². The molecule has 0 fully saturated rings. The van der Waals surface area contributed by atoms with Crippen molar-refractivity contribution in [3.8, 4) is 0 Å². The predicted octanol–water partition coefficient (Wildman–Crippen LogP) is -0.317. The third-order valence-electron chi connectivity index (χ3n) is 0. The summed E-state index contributed by atoms with van der Waals surface area (Å²) in [7, 11) is 0. The molecule has 0 aromatic rings. The van der Waals surface area contributed by atoms with Crippen LogP contribution in [-0.2, 0) is 33.8 Å². The van der Waals surface area contributed by atoms with E-state index in [1.165, 1.54) is 0 Å². The molecule has 0 N–H and O–H groups in total. The number of hydrogen-bond donors (Lipinski definition) is 0. The maximum atomic E-state index is 0. The van der Waals surface area contributed by atoms with Gasteiger partial charge in [0.25, 0.3) is 0 Å². The van der Waals surface area contributed by atoms with Gasteiger partial charge in [-0.1, -0.05) is 0 Å². The first kappa shape index (κ1) is 38.9. The molecule has 0 heterocycles. The minimum absolute atomic E-state index is 0. The molecule has 0 saturated carbocycles. The van der Waals surface area contributed by atoms with Crippen molar-refractivity contribution in [1.82, 2.24) is 0 Å². The first-order valence-corrected chi connectivity index (χ1v) is 0. The van der Waals surface area contributed by atoms with Crippen LogP contribution in [-0.4, -0.2) is 94.4 Å². The van der Waals surface area contributed by atoms with E-state index in [4.69, 9.17) is 0 Å². The van der Waals surface area contributed by atoms with Gasteiger partial charge in [-0.15, -0.1) is 0 Å². The van der Waals surface area contributed by atoms with E-state index >= 15 is 0 Å². The van der Waals surface area contributed by atoms with Crippen molar-refractivity contribution >= 4 is 94.4 Å². The van der Waals surface area contributed by atoms with Crippen LogP contribution in [0.25, 0.3) is 0 Å². The van der Waals surface area contributed by atoms with Crippen LogP contribution in [0.1, 0.15) is 5.71 Å². The van der Waals surface area contributed by atoms with E-state index in [0.717, 1.165) is 0 Å². The average molecular weight is 624 g/mol. The molecule has 0 unspecified atom stereocenters. The van der Waals surface area contributed by atoms with E-state index in [2.05, 4.69) is 0 Å². The zero-order chi connectivity index (χ0) is 0. The molecule has 6 heteroatoms. The molecule has 0 saturated heterocycles. The second-order valence-electron chi connectivity index (χ2n) is 0. The van der Waals surface area contributed by atoms with Crippen LogP contribution < -0.4 is 0 Å². The smallest absolute Gasteiger partial charge is 1.00 e. The summed E-state index contributed by atoms with van der Waals surface area (Å²) in [5.74, 6) is 0. The average Bonchev–Trinajstić information content (AvgIpc) is 0. The monoisotopic (exact) mass is 625 g/mol. The van der Waals surface area contributed by atoms with Crippen molar-refractivity contribution in [3.05, 3.63) is 0 Å². The number of hydrogen-bond acceptors (Lipinski definition) is 0. The van der Waals surface area contributed by atoms with Gasteiger partial charge in [0.15, 0.2) is 0 Å². The second-order valence-corrected chi connectivity index (χ2v) is 0. The van der Waals surface area contributed by atoms with Crippen molar-refractivity contribution in [2.75, 3.05) is 0 Å². The molecule has 3 radical (unpaired) electrons. The molecule has 0 amide bonds. The molecule has 0 aromatic heterocycles. The van der Waals surface area contributed by atoms with Gasteiger partial charge in [-0.2, -0.15) is 0 Å². The molecule has 0 atom stereocenters. The Morgan fingerprint density at radius 3 is 1.17 bits per heavy atom. The Morgan fingerprint density at radius 2 is 1.17 bits per heavy atom. The molecule has 0 rings (SSSR count). The SMILES string of the molecule is [Ba+2].[Co].[Fe].[H-].[H-].[H-].[H-].[La].[Pr].[Sr+2]. The molecule has 0 nitrogen and oxygen atoms in total. The van der Waals surface area contributed by atoms with Gasteiger partial charge >= 0.3 is 94.4 Å². The van der Waals surface area contributed by atoms with Crippen molar-refractivity contribution in [1.29, 1.82) is 0 Å². The molecule has 0 aliphatic heterocycles. The molecular weight excluding hydrogens is 620 g/mol. The van der Waals surface area contributed by atoms with Gasteiger partial charge < -0.3 is 5.71 Å². The largest absolute Gasteiger partial charge is 2.00 e. The van der Waals surface area contributed by atoms with Crippen molar-refractivity contribution in [3.63, 3.8) is 0 Å². The summed E-state index contributed by atoms with van der Waals surface area (Å²) in [5, 5.41) is 0. The quantitative estimate of drug-likeness (QED) is 0.325. The van der Waals surface area contributed by atoms with Gasteiger partial charge in [-0.3, -0.25) is 0 Å². The Balaban J connectivity index is 0. The fraction of sp³-hybridized carbons (Fsp3) is 0. The molecule has 0 aromatic carbocycles. The van der Waals surface area contributed by atoms with E-state index in [0.29, 0.717) is 0 Å². The van der Waals surface area contributed by atoms with Crippen molar-refractivity contribution in [2.24, 2.45) is 0 Å². The Kier molecular flexibility index (Phi) is 194. The second kappa shape index (κ2) is 29.9. The first-order valence-electron chi connectivity index (χ1n) is 0. The van der Waals surface area contributed by atoms with Gasteiger partial charge in [0.05, 0.1) is 0 Å². The standard InChI is InChI=1S/Ba.Co.Fe.La.Pr.Sr.4H/q+2;;;;;+2;4*-1. The van der Waals surface area contributed by atoms with Crippen LogP contribution in [0.3, 0.4) is 0 Å². The van der Waals surface area contributed by atoms with E-state index in [9.17, 15) is 0 Å². The van der Waals surface area contributed by atoms with Crippen LogP contribution in [0.5, 0.6) is 0 Å². The van der Waals surface area contributed by atoms with Crippen LogP contribution in [0.15, 0.2) is 0 Å². The zero-order valence-corrected chi connectivity index (χ0v) is 20.6. The van der Waals surface area contributed by atoms with Crippen LogP contribution in [0.4, 0.5) is 0 Å². The van der Waals surface area contributed by atoms with E-state index in [1.807, 2.05) is 0 Å². The number of rotatable bonds is 0. The third-order valence-corrected chi connectivity index (χ3v) is 0. The normalized spacial score (nSPS) is 0. The van der Waals surface area contributed by atoms with E-state index in [-0.39, 0.29) is 211 Å². The Labute approximate surface area is 204 Å². The van der Waals surface area contributed by atoms with Crippen LogP contribution >= 0.6 is 0 Å². The van der Waals surface area contributed by atoms with Gasteiger partial charge in [-0.05, 0) is 0 Å². The van der Waals surface area contributed by atoms with Gasteiger partial charge in [-0.25, -0.2) is 0 Å². The minimum atomic E-state index is 0. The molecule has 31 valence electrons. The summed E-state index contributed by atoms with van der Waals surface area (Å²) in [4.78, 5) is 0. The zero-order valence-electron chi connectivity index (χ0n) is 7.26. The van der Waals surface area contributed by atoms with E-state index < -0.39 is 0 Å². The molecule has 0 aliphatic rings. The van der Waals surface area contributed by atoms with Crippen LogP contribution in [0, 0.1) is 76.9 Å². The topological polar surface area (TPSA) is 0 Å². The Morgan fingerprint density at radius 1 is 1.17 bits per heavy atom. The molecule has 0 spiro atoms. The van der Waals surface area contributed by atoms with Gasteiger partial charge in [0, 0.05) is 111 Å². The van der Waals surface area contributed by atoms with Crippen molar-refractivity contribution < 1.29 is 116 Å². The molecular formula is H4BaCoFeLaPrSr. The van der Waals surface area contributed by atoms with Crippen molar-refractivity contribution in [2.45, 2.75) is 0 Å². The summed E-state index contributed by atoms with van der Waals surface area (Å²) in [6, 6.07) is 0. The molecule has 0 bridgehead atoms. The molecule has 0 aliphatic carbocycles. The fourth-order valence-corrected chi connectivity index (χ4v) is 0. The fourth-order valence-electron chi connectivity index (χ4n) is 0. The maximum absolute atomic E-state index is 0. The van der Waals surface area contributed by atoms with Gasteiger partial charge in [0.2, 0.25) is 0 Å². The van der Waals surface area contributed by atoms with Gasteiger partial charge in [0.1, 0.15) is 0 Å². The maximum Gasteiger partial charge on any atom is 2.00 e. The Bertz CT molecular complexity index is 25.2. The summed E-state index contributed by atoms with van der Waals surface area (Å²) in [6.45, 7) is 0. The predicted molar refractivity (Wildman–Crippen MR) is 16.0 cm³/mol.